The molecule has 0 bridgehead atoms. The van der Waals surface area contributed by atoms with Crippen LogP contribution in [0.1, 0.15) is 6.23 Å². The van der Waals surface area contributed by atoms with Crippen LogP contribution in [-0.2, 0) is 21.1 Å². The van der Waals surface area contributed by atoms with Gasteiger partial charge in [-0.2, -0.15) is 0 Å². The zero-order chi connectivity index (χ0) is 16.8. The second-order valence-electron chi connectivity index (χ2n) is 4.88. The van der Waals surface area contributed by atoms with Gasteiger partial charge in [0.25, 0.3) is 0 Å². The molecule has 13 heteroatoms. The standard InChI is InChI=1S/C10H14N5O6PS/c11-8-5-9(13-2-12-8)15(3-14-5)10-6(17)7(4(1-16)20-10)21-22(18,19)23/h2-4,6-7,10,16-17H,1H2,(H2,11,12,13)(H2,18,19,23)/t4-,6+,7+,10+/m0/s1. The molecular weight excluding hydrogens is 349 g/mol. The first-order valence-electron chi connectivity index (χ1n) is 6.43. The number of aromatic nitrogens is 4. The van der Waals surface area contributed by atoms with E-state index in [0.29, 0.717) is 11.2 Å². The maximum Gasteiger partial charge on any atom is 0.322 e. The molecule has 3 heterocycles. The summed E-state index contributed by atoms with van der Waals surface area (Å²) in [6, 6.07) is 0. The van der Waals surface area contributed by atoms with Crippen LogP contribution < -0.4 is 5.73 Å². The van der Waals surface area contributed by atoms with Gasteiger partial charge in [-0.1, -0.05) is 0 Å². The summed E-state index contributed by atoms with van der Waals surface area (Å²) in [4.78, 5) is 30.5. The van der Waals surface area contributed by atoms with Gasteiger partial charge >= 0.3 is 6.72 Å². The number of nitrogens with two attached hydrogens (primary N) is 1. The molecule has 2 aromatic rings. The van der Waals surface area contributed by atoms with Crippen LogP contribution in [0.15, 0.2) is 12.7 Å². The van der Waals surface area contributed by atoms with Crippen molar-refractivity contribution in [1.82, 2.24) is 19.5 Å². The smallest absolute Gasteiger partial charge is 0.322 e. The largest absolute Gasteiger partial charge is 0.394 e. The van der Waals surface area contributed by atoms with Crippen LogP contribution >= 0.6 is 6.72 Å². The quantitative estimate of drug-likeness (QED) is 0.391. The van der Waals surface area contributed by atoms with Crippen molar-refractivity contribution >= 4 is 35.5 Å². The first-order valence-corrected chi connectivity index (χ1v) is 9.05. The summed E-state index contributed by atoms with van der Waals surface area (Å²) >= 11 is 4.40. The first kappa shape index (κ1) is 16.6. The van der Waals surface area contributed by atoms with Crippen LogP contribution in [0.5, 0.6) is 0 Å². The zero-order valence-electron chi connectivity index (χ0n) is 11.5. The van der Waals surface area contributed by atoms with Crippen LogP contribution in [0.25, 0.3) is 11.2 Å². The SMILES string of the molecule is Nc1ncnc2c1ncn2[C@@H]1O[C@@H](CO)[C@@H](OP(O)(O)=S)[C@H]1O. The first-order chi connectivity index (χ1) is 10.8. The van der Waals surface area contributed by atoms with Crippen molar-refractivity contribution in [1.29, 1.82) is 0 Å². The summed E-state index contributed by atoms with van der Waals surface area (Å²) < 4.78 is 11.8. The van der Waals surface area contributed by atoms with Gasteiger partial charge in [0, 0.05) is 0 Å². The van der Waals surface area contributed by atoms with Crippen molar-refractivity contribution in [2.24, 2.45) is 0 Å². The second-order valence-corrected chi connectivity index (χ2v) is 7.50. The molecule has 23 heavy (non-hydrogen) atoms. The highest BCUT2D eigenvalue weighted by Gasteiger charge is 2.47. The van der Waals surface area contributed by atoms with Crippen LogP contribution in [0, 0.1) is 0 Å². The van der Waals surface area contributed by atoms with Crippen molar-refractivity contribution in [2.45, 2.75) is 24.5 Å². The lowest BCUT2D eigenvalue weighted by Crippen LogP contribution is -2.35. The van der Waals surface area contributed by atoms with E-state index in [9.17, 15) is 20.0 Å². The topological polar surface area (TPSA) is 169 Å². The number of imidazole rings is 1. The molecule has 0 aliphatic carbocycles. The molecule has 0 radical (unpaired) electrons. The zero-order valence-corrected chi connectivity index (χ0v) is 13.2. The molecule has 1 fully saturated rings. The number of anilines is 1. The van der Waals surface area contributed by atoms with E-state index < -0.39 is 37.9 Å². The van der Waals surface area contributed by atoms with Gasteiger partial charge in [-0.25, -0.2) is 15.0 Å². The maximum absolute atomic E-state index is 10.4. The molecule has 1 aliphatic rings. The minimum Gasteiger partial charge on any atom is -0.394 e. The average molecular weight is 363 g/mol. The van der Waals surface area contributed by atoms with Crippen molar-refractivity contribution < 1.29 is 29.3 Å². The highest BCUT2D eigenvalue weighted by Crippen LogP contribution is 2.44. The van der Waals surface area contributed by atoms with Gasteiger partial charge < -0.3 is 30.5 Å². The van der Waals surface area contributed by atoms with Crippen LogP contribution in [0.2, 0.25) is 0 Å². The summed E-state index contributed by atoms with van der Waals surface area (Å²) in [6.07, 6.45) is -2.03. The molecule has 0 unspecified atom stereocenters. The molecule has 0 saturated carbocycles. The fraction of sp³-hybridized carbons (Fsp3) is 0.500. The Morgan fingerprint density at radius 2 is 2.13 bits per heavy atom. The van der Waals surface area contributed by atoms with E-state index in [1.165, 1.54) is 17.2 Å². The average Bonchev–Trinajstić information content (AvgIpc) is 3.01. The van der Waals surface area contributed by atoms with Gasteiger partial charge in [-0.3, -0.25) is 9.09 Å². The molecule has 6 N–H and O–H groups in total. The number of hydrogen-bond donors (Lipinski definition) is 5. The molecule has 1 saturated heterocycles. The Kier molecular flexibility index (Phi) is 4.33. The Morgan fingerprint density at radius 3 is 2.78 bits per heavy atom. The lowest BCUT2D eigenvalue weighted by molar-refractivity contribution is -0.0506. The number of aliphatic hydroxyl groups excluding tert-OH is 2. The third kappa shape index (κ3) is 3.07. The van der Waals surface area contributed by atoms with Gasteiger partial charge in [0.1, 0.15) is 30.2 Å². The summed E-state index contributed by atoms with van der Waals surface area (Å²) in [5, 5.41) is 19.7. The van der Waals surface area contributed by atoms with Crippen molar-refractivity contribution in [3.63, 3.8) is 0 Å². The van der Waals surface area contributed by atoms with E-state index in [0.717, 1.165) is 0 Å². The predicted octanol–water partition coefficient (Wildman–Crippen LogP) is -1.75. The highest BCUT2D eigenvalue weighted by molar-refractivity contribution is 8.06. The Bertz CT molecular complexity index is 767. The van der Waals surface area contributed by atoms with Gasteiger partial charge in [0.05, 0.1) is 12.9 Å². The molecule has 0 amide bonds. The van der Waals surface area contributed by atoms with Gasteiger partial charge in [-0.15, -0.1) is 0 Å². The Labute approximate surface area is 134 Å². The van der Waals surface area contributed by atoms with E-state index >= 15 is 0 Å². The number of nitrogen functional groups attached to an aromatic ring is 1. The monoisotopic (exact) mass is 363 g/mol. The van der Waals surface area contributed by atoms with Gasteiger partial charge in [0.15, 0.2) is 17.7 Å². The number of hydrogen-bond acceptors (Lipinski definition) is 9. The van der Waals surface area contributed by atoms with Crippen LogP contribution in [0.4, 0.5) is 5.82 Å². The third-order valence-electron chi connectivity index (χ3n) is 3.41. The molecule has 126 valence electrons. The summed E-state index contributed by atoms with van der Waals surface area (Å²) in [5.74, 6) is 0.161. The molecule has 2 aromatic heterocycles. The van der Waals surface area contributed by atoms with Crippen LogP contribution in [0.3, 0.4) is 0 Å². The fourth-order valence-corrected chi connectivity index (χ4v) is 3.32. The normalized spacial score (nSPS) is 28.5. The number of nitrogens with zero attached hydrogens (tertiary/aromatic N) is 4. The third-order valence-corrected chi connectivity index (χ3v) is 4.19. The molecule has 0 spiro atoms. The Morgan fingerprint density at radius 1 is 1.39 bits per heavy atom. The van der Waals surface area contributed by atoms with Crippen LogP contribution in [-0.4, -0.2) is 64.4 Å². The molecule has 3 rings (SSSR count). The Balaban J connectivity index is 1.96. The number of rotatable bonds is 4. The lowest BCUT2D eigenvalue weighted by Gasteiger charge is -2.21. The highest BCUT2D eigenvalue weighted by atomic mass is 32.5. The molecule has 0 aromatic carbocycles. The van der Waals surface area contributed by atoms with E-state index in [1.807, 2.05) is 0 Å². The lowest BCUT2D eigenvalue weighted by atomic mass is 10.1. The van der Waals surface area contributed by atoms with Crippen molar-refractivity contribution in [3.8, 4) is 0 Å². The van der Waals surface area contributed by atoms with E-state index in [1.54, 1.807) is 0 Å². The number of ether oxygens (including phenoxy) is 1. The number of aliphatic hydroxyl groups is 2. The van der Waals surface area contributed by atoms with Crippen molar-refractivity contribution in [2.75, 3.05) is 12.3 Å². The number of fused-ring (bicyclic) bond motifs is 1. The van der Waals surface area contributed by atoms with Gasteiger partial charge in [0.2, 0.25) is 0 Å². The van der Waals surface area contributed by atoms with E-state index in [-0.39, 0.29) is 5.82 Å². The Hall–Kier alpha value is -1.24. The molecule has 1 aliphatic heterocycles. The van der Waals surface area contributed by atoms with Crippen molar-refractivity contribution in [3.05, 3.63) is 12.7 Å². The summed E-state index contributed by atoms with van der Waals surface area (Å²) in [6.45, 7) is -4.57. The minimum absolute atomic E-state index is 0.161. The molecular formula is C10H14N5O6PS. The van der Waals surface area contributed by atoms with E-state index in [4.69, 9.17) is 15.0 Å². The fourth-order valence-electron chi connectivity index (χ4n) is 2.44. The van der Waals surface area contributed by atoms with Gasteiger partial charge in [-0.05, 0) is 11.8 Å². The summed E-state index contributed by atoms with van der Waals surface area (Å²) in [5.41, 5.74) is 6.33. The summed E-state index contributed by atoms with van der Waals surface area (Å²) in [7, 11) is 0. The maximum atomic E-state index is 10.4. The molecule has 11 nitrogen and oxygen atoms in total. The van der Waals surface area contributed by atoms with E-state index in [2.05, 4.69) is 26.8 Å². The predicted molar refractivity (Wildman–Crippen MR) is 80.3 cm³/mol. The second kappa shape index (κ2) is 6.00. The minimum atomic E-state index is -4.05. The molecule has 4 atom stereocenters.